The SMILES string of the molecule is Cc1cc2c(NCCc3nc(C)no3)nccn2n1. The van der Waals surface area contributed by atoms with Gasteiger partial charge in [-0.2, -0.15) is 10.1 Å². The maximum absolute atomic E-state index is 5.05. The molecule has 3 aromatic rings. The van der Waals surface area contributed by atoms with Gasteiger partial charge in [0, 0.05) is 25.4 Å². The van der Waals surface area contributed by atoms with E-state index in [1.54, 1.807) is 13.1 Å². The van der Waals surface area contributed by atoms with Crippen molar-refractivity contribution in [3.8, 4) is 0 Å². The first kappa shape index (κ1) is 11.6. The highest BCUT2D eigenvalue weighted by molar-refractivity contribution is 5.67. The average Bonchev–Trinajstić information content (AvgIpc) is 2.95. The van der Waals surface area contributed by atoms with E-state index in [0.717, 1.165) is 17.0 Å². The first-order chi connectivity index (χ1) is 9.22. The van der Waals surface area contributed by atoms with Gasteiger partial charge in [0.05, 0.1) is 5.69 Å². The zero-order chi connectivity index (χ0) is 13.2. The quantitative estimate of drug-likeness (QED) is 0.761. The van der Waals surface area contributed by atoms with Crippen molar-refractivity contribution in [1.29, 1.82) is 0 Å². The predicted molar refractivity (Wildman–Crippen MR) is 69.0 cm³/mol. The van der Waals surface area contributed by atoms with Crippen molar-refractivity contribution in [2.24, 2.45) is 0 Å². The van der Waals surface area contributed by atoms with Gasteiger partial charge in [0.15, 0.2) is 11.6 Å². The molecule has 0 unspecified atom stereocenters. The molecule has 0 aliphatic rings. The summed E-state index contributed by atoms with van der Waals surface area (Å²) >= 11 is 0. The second-order valence-corrected chi connectivity index (χ2v) is 4.30. The first-order valence-corrected chi connectivity index (χ1v) is 6.06. The molecule has 0 bridgehead atoms. The standard InChI is InChI=1S/C12H14N6O/c1-8-7-10-12(14-5-6-18(10)16-8)13-4-3-11-15-9(2)17-19-11/h5-7H,3-4H2,1-2H3,(H,13,14). The summed E-state index contributed by atoms with van der Waals surface area (Å²) in [6.07, 6.45) is 4.21. The van der Waals surface area contributed by atoms with Gasteiger partial charge < -0.3 is 9.84 Å². The zero-order valence-corrected chi connectivity index (χ0v) is 10.8. The van der Waals surface area contributed by atoms with Gasteiger partial charge in [0.25, 0.3) is 0 Å². The third-order valence-electron chi connectivity index (χ3n) is 2.71. The molecule has 0 saturated carbocycles. The van der Waals surface area contributed by atoms with Crippen LogP contribution in [-0.4, -0.2) is 31.3 Å². The van der Waals surface area contributed by atoms with Crippen LogP contribution in [-0.2, 0) is 6.42 Å². The maximum Gasteiger partial charge on any atom is 0.228 e. The van der Waals surface area contributed by atoms with Crippen molar-refractivity contribution in [2.75, 3.05) is 11.9 Å². The highest BCUT2D eigenvalue weighted by Crippen LogP contribution is 2.14. The fourth-order valence-electron chi connectivity index (χ4n) is 1.91. The number of fused-ring (bicyclic) bond motifs is 1. The molecule has 7 nitrogen and oxygen atoms in total. The van der Waals surface area contributed by atoms with Crippen molar-refractivity contribution in [1.82, 2.24) is 24.7 Å². The molecule has 0 aromatic carbocycles. The van der Waals surface area contributed by atoms with Crippen LogP contribution in [0, 0.1) is 13.8 Å². The smallest absolute Gasteiger partial charge is 0.228 e. The molecule has 0 saturated heterocycles. The minimum atomic E-state index is 0.627. The lowest BCUT2D eigenvalue weighted by Crippen LogP contribution is -2.07. The lowest BCUT2D eigenvalue weighted by atomic mass is 10.4. The molecule has 7 heteroatoms. The second-order valence-electron chi connectivity index (χ2n) is 4.30. The predicted octanol–water partition coefficient (Wildman–Crippen LogP) is 1.38. The van der Waals surface area contributed by atoms with Crippen molar-refractivity contribution in [3.05, 3.63) is 35.9 Å². The van der Waals surface area contributed by atoms with Crippen LogP contribution in [0.1, 0.15) is 17.4 Å². The topological polar surface area (TPSA) is 81.1 Å². The van der Waals surface area contributed by atoms with Gasteiger partial charge in [-0.1, -0.05) is 5.16 Å². The van der Waals surface area contributed by atoms with Gasteiger partial charge in [-0.25, -0.2) is 9.50 Å². The third kappa shape index (κ3) is 2.40. The molecule has 0 aliphatic carbocycles. The molecule has 0 aliphatic heterocycles. The van der Waals surface area contributed by atoms with Crippen LogP contribution in [0.2, 0.25) is 0 Å². The number of rotatable bonds is 4. The van der Waals surface area contributed by atoms with Crippen LogP contribution >= 0.6 is 0 Å². The Morgan fingerprint density at radius 1 is 1.37 bits per heavy atom. The van der Waals surface area contributed by atoms with Crippen molar-refractivity contribution < 1.29 is 4.52 Å². The van der Waals surface area contributed by atoms with Crippen LogP contribution in [0.5, 0.6) is 0 Å². The van der Waals surface area contributed by atoms with E-state index in [1.807, 2.05) is 23.7 Å². The minimum absolute atomic E-state index is 0.627. The summed E-state index contributed by atoms with van der Waals surface area (Å²) in [7, 11) is 0. The fraction of sp³-hybridized carbons (Fsp3) is 0.333. The normalized spacial score (nSPS) is 11.1. The monoisotopic (exact) mass is 258 g/mol. The summed E-state index contributed by atoms with van der Waals surface area (Å²) in [5, 5.41) is 11.4. The van der Waals surface area contributed by atoms with Gasteiger partial charge in [-0.15, -0.1) is 0 Å². The maximum atomic E-state index is 5.05. The average molecular weight is 258 g/mol. The number of hydrogen-bond acceptors (Lipinski definition) is 6. The van der Waals surface area contributed by atoms with E-state index in [1.165, 1.54) is 0 Å². The van der Waals surface area contributed by atoms with E-state index in [0.29, 0.717) is 24.7 Å². The number of nitrogens with one attached hydrogen (secondary N) is 1. The molecular weight excluding hydrogens is 244 g/mol. The van der Waals surface area contributed by atoms with Gasteiger partial charge in [0.1, 0.15) is 5.52 Å². The molecule has 98 valence electrons. The molecule has 3 aromatic heterocycles. The van der Waals surface area contributed by atoms with Crippen LogP contribution in [0.15, 0.2) is 23.0 Å². The summed E-state index contributed by atoms with van der Waals surface area (Å²) in [5.41, 5.74) is 1.92. The van der Waals surface area contributed by atoms with Crippen LogP contribution in [0.3, 0.4) is 0 Å². The third-order valence-corrected chi connectivity index (χ3v) is 2.71. The molecular formula is C12H14N6O. The number of nitrogens with zero attached hydrogens (tertiary/aromatic N) is 5. The molecule has 0 fully saturated rings. The zero-order valence-electron chi connectivity index (χ0n) is 10.8. The van der Waals surface area contributed by atoms with E-state index in [4.69, 9.17) is 4.52 Å². The molecule has 0 atom stereocenters. The van der Waals surface area contributed by atoms with Gasteiger partial charge in [-0.3, -0.25) is 0 Å². The van der Waals surface area contributed by atoms with Crippen LogP contribution < -0.4 is 5.32 Å². The van der Waals surface area contributed by atoms with Crippen LogP contribution in [0.4, 0.5) is 5.82 Å². The first-order valence-electron chi connectivity index (χ1n) is 6.06. The summed E-state index contributed by atoms with van der Waals surface area (Å²) in [4.78, 5) is 8.47. The van der Waals surface area contributed by atoms with E-state index in [2.05, 4.69) is 25.5 Å². The molecule has 19 heavy (non-hydrogen) atoms. The molecule has 1 N–H and O–H groups in total. The molecule has 0 spiro atoms. The largest absolute Gasteiger partial charge is 0.368 e. The minimum Gasteiger partial charge on any atom is -0.368 e. The van der Waals surface area contributed by atoms with Crippen molar-refractivity contribution >= 4 is 11.3 Å². The number of aromatic nitrogens is 5. The Hall–Kier alpha value is -2.44. The summed E-state index contributed by atoms with van der Waals surface area (Å²) in [6.45, 7) is 4.44. The highest BCUT2D eigenvalue weighted by Gasteiger charge is 2.06. The van der Waals surface area contributed by atoms with Gasteiger partial charge in [-0.05, 0) is 19.9 Å². The lowest BCUT2D eigenvalue weighted by molar-refractivity contribution is 0.377. The molecule has 3 heterocycles. The lowest BCUT2D eigenvalue weighted by Gasteiger charge is -2.04. The number of aryl methyl sites for hydroxylation is 2. The number of anilines is 1. The second kappa shape index (κ2) is 4.68. The Morgan fingerprint density at radius 2 is 2.26 bits per heavy atom. The number of hydrogen-bond donors (Lipinski definition) is 1. The van der Waals surface area contributed by atoms with Crippen LogP contribution in [0.25, 0.3) is 5.52 Å². The molecule has 3 rings (SSSR count). The molecule has 0 radical (unpaired) electrons. The Morgan fingerprint density at radius 3 is 3.05 bits per heavy atom. The van der Waals surface area contributed by atoms with Crippen molar-refractivity contribution in [3.63, 3.8) is 0 Å². The molecule has 0 amide bonds. The Labute approximate surface area is 109 Å². The highest BCUT2D eigenvalue weighted by atomic mass is 16.5. The fourth-order valence-corrected chi connectivity index (χ4v) is 1.91. The van der Waals surface area contributed by atoms with Crippen molar-refractivity contribution in [2.45, 2.75) is 20.3 Å². The Kier molecular flexibility index (Phi) is 2.86. The van der Waals surface area contributed by atoms with Gasteiger partial charge >= 0.3 is 0 Å². The Bertz CT molecular complexity index is 701. The Balaban J connectivity index is 1.71. The summed E-state index contributed by atoms with van der Waals surface area (Å²) < 4.78 is 6.86. The van der Waals surface area contributed by atoms with E-state index >= 15 is 0 Å². The van der Waals surface area contributed by atoms with E-state index in [-0.39, 0.29) is 0 Å². The summed E-state index contributed by atoms with van der Waals surface area (Å²) in [5.74, 6) is 2.09. The van der Waals surface area contributed by atoms with E-state index in [9.17, 15) is 0 Å². The van der Waals surface area contributed by atoms with E-state index < -0.39 is 0 Å². The van der Waals surface area contributed by atoms with Gasteiger partial charge in [0.2, 0.25) is 5.89 Å². The summed E-state index contributed by atoms with van der Waals surface area (Å²) in [6, 6.07) is 1.99.